The normalized spacial score (nSPS) is 28.3. The van der Waals surface area contributed by atoms with E-state index in [2.05, 4.69) is 26.1 Å². The predicted octanol–water partition coefficient (Wildman–Crippen LogP) is 3.36. The summed E-state index contributed by atoms with van der Waals surface area (Å²) in [5, 5.41) is 3.80. The fourth-order valence-corrected chi connectivity index (χ4v) is 3.04. The molecule has 1 saturated carbocycles. The second-order valence-corrected chi connectivity index (χ2v) is 5.20. The van der Waals surface area contributed by atoms with E-state index >= 15 is 0 Å². The highest BCUT2D eigenvalue weighted by molar-refractivity contribution is 4.85. The summed E-state index contributed by atoms with van der Waals surface area (Å²) in [6.07, 6.45) is 8.17. The van der Waals surface area contributed by atoms with Crippen molar-refractivity contribution < 1.29 is 4.74 Å². The van der Waals surface area contributed by atoms with Crippen LogP contribution in [-0.2, 0) is 4.74 Å². The van der Waals surface area contributed by atoms with Crippen LogP contribution in [0.4, 0.5) is 0 Å². The molecule has 1 aliphatic rings. The number of rotatable bonds is 6. The average Bonchev–Trinajstić information content (AvgIpc) is 2.31. The molecule has 96 valence electrons. The first kappa shape index (κ1) is 14.0. The van der Waals surface area contributed by atoms with Crippen LogP contribution in [0.3, 0.4) is 0 Å². The minimum atomic E-state index is 0.436. The standard InChI is InChI=1S/C14H29NO/c1-5-12(6-2)11(3)15-13-9-7-8-10-14(13)16-4/h11-15H,5-10H2,1-4H3. The van der Waals surface area contributed by atoms with Crippen molar-refractivity contribution in [3.8, 4) is 0 Å². The summed E-state index contributed by atoms with van der Waals surface area (Å²) in [4.78, 5) is 0. The minimum absolute atomic E-state index is 0.436. The van der Waals surface area contributed by atoms with Crippen molar-refractivity contribution >= 4 is 0 Å². The van der Waals surface area contributed by atoms with Crippen LogP contribution < -0.4 is 5.32 Å². The summed E-state index contributed by atoms with van der Waals surface area (Å²) >= 11 is 0. The molecule has 0 saturated heterocycles. The summed E-state index contributed by atoms with van der Waals surface area (Å²) in [5.41, 5.74) is 0. The van der Waals surface area contributed by atoms with E-state index in [0.29, 0.717) is 18.2 Å². The molecule has 1 rings (SSSR count). The molecule has 1 fully saturated rings. The van der Waals surface area contributed by atoms with Gasteiger partial charge in [-0.3, -0.25) is 0 Å². The van der Waals surface area contributed by atoms with E-state index in [0.717, 1.165) is 5.92 Å². The van der Waals surface area contributed by atoms with Gasteiger partial charge in [-0.15, -0.1) is 0 Å². The molecular formula is C14H29NO. The molecular weight excluding hydrogens is 198 g/mol. The summed E-state index contributed by atoms with van der Waals surface area (Å²) in [6, 6.07) is 1.20. The molecule has 3 atom stereocenters. The van der Waals surface area contributed by atoms with Gasteiger partial charge in [0.2, 0.25) is 0 Å². The Morgan fingerprint density at radius 1 is 1.19 bits per heavy atom. The predicted molar refractivity (Wildman–Crippen MR) is 69.7 cm³/mol. The van der Waals surface area contributed by atoms with Crippen molar-refractivity contribution in [2.45, 2.75) is 77.5 Å². The summed E-state index contributed by atoms with van der Waals surface area (Å²) < 4.78 is 5.59. The lowest BCUT2D eigenvalue weighted by molar-refractivity contribution is 0.0353. The van der Waals surface area contributed by atoms with Crippen LogP contribution in [0, 0.1) is 5.92 Å². The van der Waals surface area contributed by atoms with Crippen LogP contribution in [0.15, 0.2) is 0 Å². The van der Waals surface area contributed by atoms with Gasteiger partial charge in [0.1, 0.15) is 0 Å². The van der Waals surface area contributed by atoms with Crippen molar-refractivity contribution in [2.24, 2.45) is 5.92 Å². The topological polar surface area (TPSA) is 21.3 Å². The van der Waals surface area contributed by atoms with Crippen molar-refractivity contribution in [2.75, 3.05) is 7.11 Å². The maximum absolute atomic E-state index is 5.59. The molecule has 0 aromatic heterocycles. The third kappa shape index (κ3) is 3.74. The highest BCUT2D eigenvalue weighted by atomic mass is 16.5. The first-order valence-electron chi connectivity index (χ1n) is 7.01. The molecule has 0 amide bonds. The van der Waals surface area contributed by atoms with Crippen LogP contribution in [0.1, 0.15) is 59.3 Å². The number of methoxy groups -OCH3 is 1. The van der Waals surface area contributed by atoms with Crippen LogP contribution in [0.5, 0.6) is 0 Å². The van der Waals surface area contributed by atoms with Gasteiger partial charge in [-0.1, -0.05) is 39.5 Å². The molecule has 0 heterocycles. The Labute approximate surface area is 101 Å². The number of hydrogen-bond donors (Lipinski definition) is 1. The van der Waals surface area contributed by atoms with Gasteiger partial charge < -0.3 is 10.1 Å². The zero-order valence-electron chi connectivity index (χ0n) is 11.5. The van der Waals surface area contributed by atoms with Crippen LogP contribution in [0.25, 0.3) is 0 Å². The minimum Gasteiger partial charge on any atom is -0.380 e. The molecule has 0 aromatic rings. The first-order chi connectivity index (χ1) is 7.72. The van der Waals surface area contributed by atoms with Crippen LogP contribution in [0.2, 0.25) is 0 Å². The molecule has 0 spiro atoms. The Kier molecular flexibility index (Phi) is 6.37. The maximum atomic E-state index is 5.59. The lowest BCUT2D eigenvalue weighted by Crippen LogP contribution is -2.49. The summed E-state index contributed by atoms with van der Waals surface area (Å²) in [7, 11) is 1.85. The molecule has 2 nitrogen and oxygen atoms in total. The Bertz CT molecular complexity index is 180. The maximum Gasteiger partial charge on any atom is 0.0724 e. The van der Waals surface area contributed by atoms with Crippen LogP contribution in [-0.4, -0.2) is 25.3 Å². The molecule has 0 aliphatic heterocycles. The van der Waals surface area contributed by atoms with E-state index in [1.807, 2.05) is 7.11 Å². The van der Waals surface area contributed by atoms with Crippen LogP contribution >= 0.6 is 0 Å². The van der Waals surface area contributed by atoms with Crippen molar-refractivity contribution in [3.05, 3.63) is 0 Å². The monoisotopic (exact) mass is 227 g/mol. The Morgan fingerprint density at radius 2 is 1.81 bits per heavy atom. The van der Waals surface area contributed by atoms with Gasteiger partial charge in [0.05, 0.1) is 6.10 Å². The highest BCUT2D eigenvalue weighted by Crippen LogP contribution is 2.23. The zero-order valence-corrected chi connectivity index (χ0v) is 11.5. The van der Waals surface area contributed by atoms with Crippen molar-refractivity contribution in [3.63, 3.8) is 0 Å². The quantitative estimate of drug-likeness (QED) is 0.751. The van der Waals surface area contributed by atoms with E-state index in [9.17, 15) is 0 Å². The SMILES string of the molecule is CCC(CC)C(C)NC1CCCCC1OC. The Hall–Kier alpha value is -0.0800. The van der Waals surface area contributed by atoms with Gasteiger partial charge in [0.15, 0.2) is 0 Å². The van der Waals surface area contributed by atoms with Crippen molar-refractivity contribution in [1.29, 1.82) is 0 Å². The van der Waals surface area contributed by atoms with E-state index in [1.54, 1.807) is 0 Å². The number of ether oxygens (including phenoxy) is 1. The third-order valence-electron chi connectivity index (χ3n) is 4.24. The van der Waals surface area contributed by atoms with E-state index in [-0.39, 0.29) is 0 Å². The Morgan fingerprint density at radius 3 is 2.38 bits per heavy atom. The van der Waals surface area contributed by atoms with Gasteiger partial charge in [-0.2, -0.15) is 0 Å². The summed E-state index contributed by atoms with van der Waals surface area (Å²) in [5.74, 6) is 0.805. The van der Waals surface area contributed by atoms with Gasteiger partial charge in [-0.05, 0) is 25.7 Å². The number of nitrogens with one attached hydrogen (secondary N) is 1. The molecule has 2 heteroatoms. The molecule has 1 N–H and O–H groups in total. The van der Waals surface area contributed by atoms with Gasteiger partial charge >= 0.3 is 0 Å². The summed E-state index contributed by atoms with van der Waals surface area (Å²) in [6.45, 7) is 6.92. The number of hydrogen-bond acceptors (Lipinski definition) is 2. The second kappa shape index (κ2) is 7.29. The van der Waals surface area contributed by atoms with Gasteiger partial charge in [0, 0.05) is 19.2 Å². The Balaban J connectivity index is 2.43. The third-order valence-corrected chi connectivity index (χ3v) is 4.24. The fourth-order valence-electron chi connectivity index (χ4n) is 3.04. The fraction of sp³-hybridized carbons (Fsp3) is 1.00. The average molecular weight is 227 g/mol. The molecule has 0 aromatic carbocycles. The van der Waals surface area contributed by atoms with Gasteiger partial charge in [0.25, 0.3) is 0 Å². The molecule has 1 aliphatic carbocycles. The largest absolute Gasteiger partial charge is 0.380 e. The second-order valence-electron chi connectivity index (χ2n) is 5.20. The molecule has 3 unspecified atom stereocenters. The van der Waals surface area contributed by atoms with E-state index < -0.39 is 0 Å². The lowest BCUT2D eigenvalue weighted by Gasteiger charge is -2.35. The van der Waals surface area contributed by atoms with Crippen molar-refractivity contribution in [1.82, 2.24) is 5.32 Å². The molecule has 0 radical (unpaired) electrons. The van der Waals surface area contributed by atoms with Gasteiger partial charge in [-0.25, -0.2) is 0 Å². The first-order valence-corrected chi connectivity index (χ1v) is 7.01. The lowest BCUT2D eigenvalue weighted by atomic mass is 9.89. The molecule has 16 heavy (non-hydrogen) atoms. The zero-order chi connectivity index (χ0) is 12.0. The highest BCUT2D eigenvalue weighted by Gasteiger charge is 2.27. The van der Waals surface area contributed by atoms with E-state index in [4.69, 9.17) is 4.74 Å². The smallest absolute Gasteiger partial charge is 0.0724 e. The van der Waals surface area contributed by atoms with E-state index in [1.165, 1.54) is 38.5 Å². The molecule has 0 bridgehead atoms.